The molecule has 0 aliphatic heterocycles. The van der Waals surface area contributed by atoms with Crippen molar-refractivity contribution in [3.63, 3.8) is 0 Å². The molecule has 1 aromatic heterocycles. The SMILES string of the molecule is C[C@H](Cc1nc2ccc(Cl)cc2[nH]1)NCc1cc(Cl)cc(Cl)c1. The number of nitrogens with zero attached hydrogens (tertiary/aromatic N) is 1. The summed E-state index contributed by atoms with van der Waals surface area (Å²) in [7, 11) is 0. The Morgan fingerprint density at radius 2 is 1.78 bits per heavy atom. The molecule has 0 radical (unpaired) electrons. The van der Waals surface area contributed by atoms with Crippen molar-refractivity contribution in [1.82, 2.24) is 15.3 Å². The molecule has 3 aromatic rings. The molecule has 1 atom stereocenters. The van der Waals surface area contributed by atoms with E-state index in [1.807, 2.05) is 30.3 Å². The Balaban J connectivity index is 1.62. The van der Waals surface area contributed by atoms with Crippen LogP contribution >= 0.6 is 34.8 Å². The van der Waals surface area contributed by atoms with Crippen LogP contribution in [0.2, 0.25) is 15.1 Å². The van der Waals surface area contributed by atoms with E-state index in [-0.39, 0.29) is 6.04 Å². The lowest BCUT2D eigenvalue weighted by Gasteiger charge is -2.13. The number of nitrogens with one attached hydrogen (secondary N) is 2. The molecule has 3 rings (SSSR count). The van der Waals surface area contributed by atoms with Crippen LogP contribution in [0.4, 0.5) is 0 Å². The summed E-state index contributed by atoms with van der Waals surface area (Å²) < 4.78 is 0. The summed E-state index contributed by atoms with van der Waals surface area (Å²) in [6.07, 6.45) is 0.792. The number of benzene rings is 2. The summed E-state index contributed by atoms with van der Waals surface area (Å²) in [6, 6.07) is 11.5. The van der Waals surface area contributed by atoms with Gasteiger partial charge in [-0.1, -0.05) is 34.8 Å². The van der Waals surface area contributed by atoms with Crippen molar-refractivity contribution in [2.45, 2.75) is 25.9 Å². The fourth-order valence-electron chi connectivity index (χ4n) is 2.50. The van der Waals surface area contributed by atoms with Gasteiger partial charge in [0, 0.05) is 34.1 Å². The number of aromatic nitrogens is 2. The van der Waals surface area contributed by atoms with Crippen molar-refractivity contribution in [2.24, 2.45) is 0 Å². The lowest BCUT2D eigenvalue weighted by molar-refractivity contribution is 0.536. The van der Waals surface area contributed by atoms with Gasteiger partial charge in [0.1, 0.15) is 5.82 Å². The molecule has 0 saturated heterocycles. The zero-order valence-corrected chi connectivity index (χ0v) is 14.8. The topological polar surface area (TPSA) is 40.7 Å². The molecule has 2 aromatic carbocycles. The summed E-state index contributed by atoms with van der Waals surface area (Å²) in [4.78, 5) is 7.89. The normalized spacial score (nSPS) is 12.7. The Morgan fingerprint density at radius 1 is 1.04 bits per heavy atom. The molecule has 2 N–H and O–H groups in total. The highest BCUT2D eigenvalue weighted by molar-refractivity contribution is 6.34. The molecule has 0 fully saturated rings. The van der Waals surface area contributed by atoms with Gasteiger partial charge in [-0.15, -0.1) is 0 Å². The van der Waals surface area contributed by atoms with E-state index >= 15 is 0 Å². The molecule has 0 aliphatic carbocycles. The molecular weight excluding hydrogens is 353 g/mol. The number of imidazole rings is 1. The number of fused-ring (bicyclic) bond motifs is 1. The van der Waals surface area contributed by atoms with Crippen LogP contribution in [0.3, 0.4) is 0 Å². The second-order valence-electron chi connectivity index (χ2n) is 5.61. The number of hydrogen-bond donors (Lipinski definition) is 2. The molecule has 3 nitrogen and oxygen atoms in total. The number of H-pyrrole nitrogens is 1. The molecule has 0 aliphatic rings. The second-order valence-corrected chi connectivity index (χ2v) is 6.92. The van der Waals surface area contributed by atoms with Gasteiger partial charge in [-0.3, -0.25) is 0 Å². The highest BCUT2D eigenvalue weighted by Gasteiger charge is 2.09. The summed E-state index contributed by atoms with van der Waals surface area (Å²) in [5, 5.41) is 5.46. The van der Waals surface area contributed by atoms with Gasteiger partial charge >= 0.3 is 0 Å². The van der Waals surface area contributed by atoms with Crippen molar-refractivity contribution in [1.29, 1.82) is 0 Å². The van der Waals surface area contributed by atoms with Gasteiger partial charge in [-0.05, 0) is 48.9 Å². The molecule has 23 heavy (non-hydrogen) atoms. The zero-order valence-electron chi connectivity index (χ0n) is 12.5. The van der Waals surface area contributed by atoms with Crippen molar-refractivity contribution in [2.75, 3.05) is 0 Å². The van der Waals surface area contributed by atoms with Crippen molar-refractivity contribution in [3.05, 3.63) is 62.9 Å². The van der Waals surface area contributed by atoms with Crippen LogP contribution in [0.25, 0.3) is 11.0 Å². The van der Waals surface area contributed by atoms with Gasteiger partial charge in [0.2, 0.25) is 0 Å². The Labute approximate surface area is 150 Å². The van der Waals surface area contributed by atoms with Gasteiger partial charge in [0.15, 0.2) is 0 Å². The van der Waals surface area contributed by atoms with Crippen molar-refractivity contribution < 1.29 is 0 Å². The molecule has 0 saturated carbocycles. The summed E-state index contributed by atoms with van der Waals surface area (Å²) in [5.74, 6) is 0.936. The van der Waals surface area contributed by atoms with Gasteiger partial charge in [-0.25, -0.2) is 4.98 Å². The third-order valence-corrected chi connectivity index (χ3v) is 4.24. The molecule has 120 valence electrons. The van der Waals surface area contributed by atoms with Gasteiger partial charge in [0.05, 0.1) is 11.0 Å². The van der Waals surface area contributed by atoms with Crippen LogP contribution in [0.1, 0.15) is 18.3 Å². The predicted octanol–water partition coefficient (Wildman–Crippen LogP) is 5.24. The monoisotopic (exact) mass is 367 g/mol. The first kappa shape index (κ1) is 16.6. The number of rotatable bonds is 5. The highest BCUT2D eigenvalue weighted by atomic mass is 35.5. The minimum atomic E-state index is 0.254. The first-order valence-electron chi connectivity index (χ1n) is 7.32. The van der Waals surface area contributed by atoms with E-state index in [1.165, 1.54) is 0 Å². The van der Waals surface area contributed by atoms with Gasteiger partial charge in [-0.2, -0.15) is 0 Å². The average Bonchev–Trinajstić information content (AvgIpc) is 2.85. The van der Waals surface area contributed by atoms with E-state index in [2.05, 4.69) is 22.2 Å². The largest absolute Gasteiger partial charge is 0.342 e. The first-order chi connectivity index (χ1) is 11.0. The fourth-order valence-corrected chi connectivity index (χ4v) is 3.24. The van der Waals surface area contributed by atoms with E-state index in [4.69, 9.17) is 34.8 Å². The van der Waals surface area contributed by atoms with Crippen molar-refractivity contribution in [3.8, 4) is 0 Å². The van der Waals surface area contributed by atoms with Crippen molar-refractivity contribution >= 4 is 45.8 Å². The second kappa shape index (κ2) is 7.10. The van der Waals surface area contributed by atoms with Crippen LogP contribution in [0.5, 0.6) is 0 Å². The van der Waals surface area contributed by atoms with Crippen LogP contribution in [-0.2, 0) is 13.0 Å². The van der Waals surface area contributed by atoms with E-state index in [0.717, 1.165) is 28.8 Å². The number of halogens is 3. The average molecular weight is 369 g/mol. The predicted molar refractivity (Wildman–Crippen MR) is 97.6 cm³/mol. The molecule has 0 amide bonds. The minimum absolute atomic E-state index is 0.254. The molecule has 0 spiro atoms. The number of hydrogen-bond acceptors (Lipinski definition) is 2. The lowest BCUT2D eigenvalue weighted by atomic mass is 10.2. The highest BCUT2D eigenvalue weighted by Crippen LogP contribution is 2.20. The molecule has 0 bridgehead atoms. The maximum Gasteiger partial charge on any atom is 0.108 e. The van der Waals surface area contributed by atoms with E-state index in [0.29, 0.717) is 21.6 Å². The van der Waals surface area contributed by atoms with E-state index in [9.17, 15) is 0 Å². The van der Waals surface area contributed by atoms with Crippen LogP contribution < -0.4 is 5.32 Å². The molecule has 1 heterocycles. The Kier molecular flexibility index (Phi) is 5.12. The summed E-state index contributed by atoms with van der Waals surface area (Å²) >= 11 is 18.0. The third-order valence-electron chi connectivity index (χ3n) is 3.57. The zero-order chi connectivity index (χ0) is 16.4. The minimum Gasteiger partial charge on any atom is -0.342 e. The van der Waals surface area contributed by atoms with Crippen LogP contribution in [-0.4, -0.2) is 16.0 Å². The Bertz CT molecular complexity index is 809. The van der Waals surface area contributed by atoms with E-state index < -0.39 is 0 Å². The Hall–Kier alpha value is -1.26. The quantitative estimate of drug-likeness (QED) is 0.646. The molecular formula is C17H16Cl3N3. The smallest absolute Gasteiger partial charge is 0.108 e. The van der Waals surface area contributed by atoms with Gasteiger partial charge in [0.25, 0.3) is 0 Å². The van der Waals surface area contributed by atoms with E-state index in [1.54, 1.807) is 6.07 Å². The fraction of sp³-hybridized carbons (Fsp3) is 0.235. The van der Waals surface area contributed by atoms with Gasteiger partial charge < -0.3 is 10.3 Å². The maximum absolute atomic E-state index is 6.02. The van der Waals surface area contributed by atoms with Crippen LogP contribution in [0, 0.1) is 0 Å². The lowest BCUT2D eigenvalue weighted by Crippen LogP contribution is -2.28. The van der Waals surface area contributed by atoms with Crippen LogP contribution in [0.15, 0.2) is 36.4 Å². The summed E-state index contributed by atoms with van der Waals surface area (Å²) in [6.45, 7) is 2.82. The Morgan fingerprint density at radius 3 is 2.52 bits per heavy atom. The molecule has 0 unspecified atom stereocenters. The summed E-state index contributed by atoms with van der Waals surface area (Å²) in [5.41, 5.74) is 2.95. The first-order valence-corrected chi connectivity index (χ1v) is 8.45. The number of aromatic amines is 1. The molecule has 6 heteroatoms. The maximum atomic E-state index is 6.02. The third kappa shape index (κ3) is 4.39. The standard InChI is InChI=1S/C17H16Cl3N3/c1-10(21-9-11-5-13(19)7-14(20)6-11)4-17-22-15-3-2-12(18)8-16(15)23-17/h2-3,5-8,10,21H,4,9H2,1H3,(H,22,23)/t10-/m1/s1.